The third-order valence-corrected chi connectivity index (χ3v) is 3.55. The van der Waals surface area contributed by atoms with E-state index in [2.05, 4.69) is 36.5 Å². The van der Waals surface area contributed by atoms with Gasteiger partial charge in [0.1, 0.15) is 0 Å². The summed E-state index contributed by atoms with van der Waals surface area (Å²) < 4.78 is 0. The smallest absolute Gasteiger partial charge is 0.220 e. The van der Waals surface area contributed by atoms with Crippen LogP contribution in [-0.4, -0.2) is 5.91 Å². The molecule has 0 fully saturated rings. The van der Waals surface area contributed by atoms with Gasteiger partial charge in [0.15, 0.2) is 0 Å². The second-order valence-electron chi connectivity index (χ2n) is 5.26. The number of hydrogen-bond donors (Lipinski definition) is 1. The molecule has 1 unspecified atom stereocenters. The first-order valence-electron chi connectivity index (χ1n) is 7.04. The average molecular weight is 267 g/mol. The molecule has 2 aromatic rings. The molecule has 0 aliphatic carbocycles. The normalized spacial score (nSPS) is 13.5. The van der Waals surface area contributed by atoms with Crippen molar-refractivity contribution < 1.29 is 4.79 Å². The zero-order chi connectivity index (χ0) is 14.4. The van der Waals surface area contributed by atoms with E-state index in [0.29, 0.717) is 6.42 Å². The van der Waals surface area contributed by atoms with Gasteiger partial charge < -0.3 is 5.32 Å². The molecule has 2 rings (SSSR count). The zero-order valence-corrected chi connectivity index (χ0v) is 12.1. The van der Waals surface area contributed by atoms with E-state index in [0.717, 1.165) is 12.0 Å². The predicted octanol–water partition coefficient (Wildman–Crippen LogP) is 3.67. The van der Waals surface area contributed by atoms with Crippen LogP contribution in [0.15, 0.2) is 60.7 Å². The van der Waals surface area contributed by atoms with Crippen LogP contribution in [0.1, 0.15) is 31.4 Å². The van der Waals surface area contributed by atoms with Crippen molar-refractivity contribution >= 4 is 5.91 Å². The summed E-state index contributed by atoms with van der Waals surface area (Å²) >= 11 is 0. The van der Waals surface area contributed by atoms with Gasteiger partial charge in [-0.25, -0.2) is 0 Å². The van der Waals surface area contributed by atoms with Gasteiger partial charge in [-0.05, 0) is 24.5 Å². The number of amides is 1. The van der Waals surface area contributed by atoms with Crippen molar-refractivity contribution in [2.24, 2.45) is 0 Å². The largest absolute Gasteiger partial charge is 0.347 e. The van der Waals surface area contributed by atoms with E-state index in [-0.39, 0.29) is 11.4 Å². The van der Waals surface area contributed by atoms with Crippen LogP contribution in [-0.2, 0) is 16.8 Å². The van der Waals surface area contributed by atoms with Crippen LogP contribution in [0, 0.1) is 0 Å². The fourth-order valence-corrected chi connectivity index (χ4v) is 2.42. The molecule has 2 heteroatoms. The van der Waals surface area contributed by atoms with E-state index >= 15 is 0 Å². The minimum Gasteiger partial charge on any atom is -0.347 e. The number of benzene rings is 2. The second kappa shape index (κ2) is 6.38. The first-order chi connectivity index (χ1) is 9.64. The van der Waals surface area contributed by atoms with Crippen molar-refractivity contribution in [3.63, 3.8) is 0 Å². The highest BCUT2D eigenvalue weighted by Crippen LogP contribution is 2.25. The van der Waals surface area contributed by atoms with Gasteiger partial charge in [0.2, 0.25) is 5.91 Å². The summed E-state index contributed by atoms with van der Waals surface area (Å²) in [7, 11) is 0. The zero-order valence-electron chi connectivity index (χ0n) is 12.1. The predicted molar refractivity (Wildman–Crippen MR) is 82.4 cm³/mol. The van der Waals surface area contributed by atoms with Gasteiger partial charge >= 0.3 is 0 Å². The van der Waals surface area contributed by atoms with Gasteiger partial charge in [0.25, 0.3) is 0 Å². The molecule has 0 radical (unpaired) electrons. The van der Waals surface area contributed by atoms with Crippen LogP contribution in [0.5, 0.6) is 0 Å². The first kappa shape index (κ1) is 14.3. The summed E-state index contributed by atoms with van der Waals surface area (Å²) in [5.74, 6) is 0.0762. The lowest BCUT2D eigenvalue weighted by Gasteiger charge is -2.32. The van der Waals surface area contributed by atoms with Crippen molar-refractivity contribution in [3.8, 4) is 0 Å². The highest BCUT2D eigenvalue weighted by atomic mass is 16.1. The summed E-state index contributed by atoms with van der Waals surface area (Å²) in [5, 5.41) is 3.17. The number of hydrogen-bond acceptors (Lipinski definition) is 1. The molecule has 2 aromatic carbocycles. The molecule has 1 amide bonds. The van der Waals surface area contributed by atoms with E-state index in [1.807, 2.05) is 43.3 Å². The maximum Gasteiger partial charge on any atom is 0.220 e. The molecule has 0 saturated carbocycles. The van der Waals surface area contributed by atoms with Crippen molar-refractivity contribution in [3.05, 3.63) is 71.8 Å². The lowest BCUT2D eigenvalue weighted by molar-refractivity contribution is -0.122. The Morgan fingerprint density at radius 2 is 1.55 bits per heavy atom. The van der Waals surface area contributed by atoms with Crippen LogP contribution < -0.4 is 5.32 Å². The fourth-order valence-electron chi connectivity index (χ4n) is 2.42. The molecule has 104 valence electrons. The van der Waals surface area contributed by atoms with Gasteiger partial charge in [0, 0.05) is 6.42 Å². The standard InChI is InChI=1S/C18H21NO/c1-3-17(20)19-18(2,16-12-8-5-9-13-16)14-15-10-6-4-7-11-15/h4-13H,3,14H2,1-2H3,(H,19,20). The molecule has 0 heterocycles. The molecule has 2 nitrogen and oxygen atoms in total. The monoisotopic (exact) mass is 267 g/mol. The van der Waals surface area contributed by atoms with E-state index in [1.165, 1.54) is 5.56 Å². The topological polar surface area (TPSA) is 29.1 Å². The molecular weight excluding hydrogens is 246 g/mol. The molecule has 20 heavy (non-hydrogen) atoms. The van der Waals surface area contributed by atoms with E-state index < -0.39 is 0 Å². The highest BCUT2D eigenvalue weighted by Gasteiger charge is 2.28. The number of carbonyl (C=O) groups excluding carboxylic acids is 1. The molecule has 0 bridgehead atoms. The second-order valence-corrected chi connectivity index (χ2v) is 5.26. The van der Waals surface area contributed by atoms with Crippen molar-refractivity contribution in [1.29, 1.82) is 0 Å². The minimum absolute atomic E-state index is 0.0762. The minimum atomic E-state index is -0.379. The third kappa shape index (κ3) is 3.47. The van der Waals surface area contributed by atoms with Crippen LogP contribution in [0.25, 0.3) is 0 Å². The lowest BCUT2D eigenvalue weighted by Crippen LogP contribution is -2.45. The Morgan fingerprint density at radius 1 is 1.00 bits per heavy atom. The molecular formula is C18H21NO. The van der Waals surface area contributed by atoms with Crippen LogP contribution in [0.3, 0.4) is 0 Å². The number of rotatable bonds is 5. The molecule has 0 saturated heterocycles. The van der Waals surface area contributed by atoms with E-state index in [1.54, 1.807) is 0 Å². The SMILES string of the molecule is CCC(=O)NC(C)(Cc1ccccc1)c1ccccc1. The van der Waals surface area contributed by atoms with Crippen LogP contribution >= 0.6 is 0 Å². The Hall–Kier alpha value is -2.09. The van der Waals surface area contributed by atoms with E-state index in [4.69, 9.17) is 0 Å². The Bertz CT molecular complexity index is 550. The Kier molecular flexibility index (Phi) is 4.57. The highest BCUT2D eigenvalue weighted by molar-refractivity contribution is 5.76. The Morgan fingerprint density at radius 3 is 2.10 bits per heavy atom. The molecule has 1 atom stereocenters. The van der Waals surface area contributed by atoms with Crippen molar-refractivity contribution in [2.45, 2.75) is 32.2 Å². The molecule has 0 spiro atoms. The Labute approximate surface area is 120 Å². The summed E-state index contributed by atoms with van der Waals surface area (Å²) in [4.78, 5) is 11.9. The summed E-state index contributed by atoms with van der Waals surface area (Å²) in [6.45, 7) is 3.96. The number of carbonyl (C=O) groups is 1. The fraction of sp³-hybridized carbons (Fsp3) is 0.278. The van der Waals surface area contributed by atoms with Crippen molar-refractivity contribution in [2.75, 3.05) is 0 Å². The van der Waals surface area contributed by atoms with Crippen molar-refractivity contribution in [1.82, 2.24) is 5.32 Å². The molecule has 0 aromatic heterocycles. The molecule has 0 aliphatic heterocycles. The molecule has 0 aliphatic rings. The van der Waals surface area contributed by atoms with Crippen LogP contribution in [0.4, 0.5) is 0 Å². The summed E-state index contributed by atoms with van der Waals surface area (Å²) in [5.41, 5.74) is 1.97. The number of nitrogens with one attached hydrogen (secondary N) is 1. The maximum absolute atomic E-state index is 11.9. The lowest BCUT2D eigenvalue weighted by atomic mass is 9.85. The van der Waals surface area contributed by atoms with Gasteiger partial charge in [-0.1, -0.05) is 67.6 Å². The van der Waals surface area contributed by atoms with E-state index in [9.17, 15) is 4.79 Å². The van der Waals surface area contributed by atoms with Gasteiger partial charge in [-0.3, -0.25) is 4.79 Å². The van der Waals surface area contributed by atoms with Gasteiger partial charge in [-0.2, -0.15) is 0 Å². The Balaban J connectivity index is 2.31. The summed E-state index contributed by atoms with van der Waals surface area (Å²) in [6, 6.07) is 20.4. The third-order valence-electron chi connectivity index (χ3n) is 3.55. The van der Waals surface area contributed by atoms with Crippen LogP contribution in [0.2, 0.25) is 0 Å². The quantitative estimate of drug-likeness (QED) is 0.880. The van der Waals surface area contributed by atoms with Gasteiger partial charge in [0.05, 0.1) is 5.54 Å². The van der Waals surface area contributed by atoms with Gasteiger partial charge in [-0.15, -0.1) is 0 Å². The maximum atomic E-state index is 11.9. The first-order valence-corrected chi connectivity index (χ1v) is 7.04. The summed E-state index contributed by atoms with van der Waals surface area (Å²) in [6.07, 6.45) is 1.28. The average Bonchev–Trinajstić information content (AvgIpc) is 2.49. The molecule has 1 N–H and O–H groups in total.